The molecule has 0 aliphatic heterocycles. The molecular weight excluding hydrogens is 192 g/mol. The minimum atomic E-state index is -0.309. The molecule has 1 aliphatic carbocycles. The van der Waals surface area contributed by atoms with Gasteiger partial charge in [0.05, 0.1) is 16.0 Å². The fraction of sp³-hybridized carbons (Fsp3) is 0.556. The maximum Gasteiger partial charge on any atom is 0.0925 e. The first-order valence-corrected chi connectivity index (χ1v) is 5.37. The first-order chi connectivity index (χ1) is 5.70. The van der Waals surface area contributed by atoms with Gasteiger partial charge >= 0.3 is 0 Å². The second kappa shape index (κ2) is 3.02. The first kappa shape index (κ1) is 8.54. The molecule has 66 valence electrons. The highest BCUT2D eigenvalue weighted by atomic mass is 35.5. The highest BCUT2D eigenvalue weighted by molar-refractivity contribution is 7.10. The van der Waals surface area contributed by atoms with Crippen LogP contribution in [0, 0.1) is 12.8 Å². The van der Waals surface area contributed by atoms with Gasteiger partial charge in [-0.2, -0.15) is 0 Å². The molecule has 1 unspecified atom stereocenters. The van der Waals surface area contributed by atoms with Crippen LogP contribution in [0.4, 0.5) is 0 Å². The molecule has 1 fully saturated rings. The summed E-state index contributed by atoms with van der Waals surface area (Å²) in [6.07, 6.45) is 1.99. The van der Waals surface area contributed by atoms with E-state index in [1.807, 2.05) is 12.3 Å². The lowest BCUT2D eigenvalue weighted by molar-refractivity contribution is 0.157. The fourth-order valence-corrected chi connectivity index (χ4v) is 2.66. The van der Waals surface area contributed by atoms with Gasteiger partial charge in [-0.15, -0.1) is 11.3 Å². The summed E-state index contributed by atoms with van der Waals surface area (Å²) >= 11 is 7.60. The van der Waals surface area contributed by atoms with E-state index in [0.717, 1.165) is 28.3 Å². The highest BCUT2D eigenvalue weighted by Crippen LogP contribution is 2.45. The standard InChI is InChI=1S/C9H11ClOS/c1-5-4-12-9(7(5)10)8(11)6-2-3-6/h4,6,8,11H,2-3H2,1H3. The van der Waals surface area contributed by atoms with Crippen LogP contribution in [0.1, 0.15) is 29.4 Å². The van der Waals surface area contributed by atoms with E-state index >= 15 is 0 Å². The number of aliphatic hydroxyl groups excluding tert-OH is 1. The van der Waals surface area contributed by atoms with Gasteiger partial charge in [-0.1, -0.05) is 11.6 Å². The van der Waals surface area contributed by atoms with Crippen LogP contribution in [-0.2, 0) is 0 Å². The SMILES string of the molecule is Cc1csc(C(O)C2CC2)c1Cl. The lowest BCUT2D eigenvalue weighted by Crippen LogP contribution is -1.96. The van der Waals surface area contributed by atoms with E-state index in [9.17, 15) is 5.11 Å². The molecule has 1 aromatic heterocycles. The quantitative estimate of drug-likeness (QED) is 0.781. The lowest BCUT2D eigenvalue weighted by Gasteiger charge is -2.06. The summed E-state index contributed by atoms with van der Waals surface area (Å²) in [6, 6.07) is 0. The molecular formula is C9H11ClOS. The van der Waals surface area contributed by atoms with E-state index < -0.39 is 0 Å². The van der Waals surface area contributed by atoms with Crippen molar-refractivity contribution < 1.29 is 5.11 Å². The predicted molar refractivity (Wildman–Crippen MR) is 51.7 cm³/mol. The van der Waals surface area contributed by atoms with Gasteiger partial charge in [0.15, 0.2) is 0 Å². The lowest BCUT2D eigenvalue weighted by atomic mass is 10.2. The number of halogens is 1. The Labute approximate surface area is 81.0 Å². The van der Waals surface area contributed by atoms with Crippen molar-refractivity contribution in [2.75, 3.05) is 0 Å². The first-order valence-electron chi connectivity index (χ1n) is 4.11. The van der Waals surface area contributed by atoms with Gasteiger partial charge in [0.2, 0.25) is 0 Å². The molecule has 0 bridgehead atoms. The maximum absolute atomic E-state index is 9.78. The third-order valence-electron chi connectivity index (χ3n) is 2.26. The van der Waals surface area contributed by atoms with Crippen molar-refractivity contribution in [3.63, 3.8) is 0 Å². The van der Waals surface area contributed by atoms with Gasteiger partial charge in [0.25, 0.3) is 0 Å². The molecule has 1 heterocycles. The molecule has 0 amide bonds. The maximum atomic E-state index is 9.78. The normalized spacial score (nSPS) is 19.6. The van der Waals surface area contributed by atoms with E-state index in [2.05, 4.69) is 0 Å². The number of rotatable bonds is 2. The molecule has 1 nitrogen and oxygen atoms in total. The topological polar surface area (TPSA) is 20.2 Å². The average Bonchev–Trinajstić information content (AvgIpc) is 2.82. The molecule has 1 atom stereocenters. The van der Waals surface area contributed by atoms with Crippen LogP contribution in [0.5, 0.6) is 0 Å². The molecule has 1 saturated carbocycles. The van der Waals surface area contributed by atoms with Gasteiger partial charge in [-0.3, -0.25) is 0 Å². The van der Waals surface area contributed by atoms with Crippen LogP contribution in [0.3, 0.4) is 0 Å². The van der Waals surface area contributed by atoms with Crippen molar-refractivity contribution in [3.8, 4) is 0 Å². The Morgan fingerprint density at radius 2 is 2.33 bits per heavy atom. The van der Waals surface area contributed by atoms with E-state index in [1.165, 1.54) is 0 Å². The molecule has 0 radical (unpaired) electrons. The fourth-order valence-electron chi connectivity index (χ4n) is 1.28. The Morgan fingerprint density at radius 1 is 1.67 bits per heavy atom. The summed E-state index contributed by atoms with van der Waals surface area (Å²) in [5.74, 6) is 0.473. The third-order valence-corrected chi connectivity index (χ3v) is 4.05. The van der Waals surface area contributed by atoms with Crippen LogP contribution in [-0.4, -0.2) is 5.11 Å². The van der Waals surface area contributed by atoms with Crippen molar-refractivity contribution in [3.05, 3.63) is 20.8 Å². The Bertz CT molecular complexity index is 291. The van der Waals surface area contributed by atoms with E-state index in [-0.39, 0.29) is 6.10 Å². The van der Waals surface area contributed by atoms with Gasteiger partial charge in [-0.05, 0) is 36.6 Å². The molecule has 2 rings (SSSR count). The zero-order chi connectivity index (χ0) is 8.72. The summed E-state index contributed by atoms with van der Waals surface area (Å²) in [6.45, 7) is 1.97. The summed E-state index contributed by atoms with van der Waals surface area (Å²) in [7, 11) is 0. The number of hydrogen-bond donors (Lipinski definition) is 1. The summed E-state index contributed by atoms with van der Waals surface area (Å²) in [4.78, 5) is 0.955. The Morgan fingerprint density at radius 3 is 2.75 bits per heavy atom. The van der Waals surface area contributed by atoms with Crippen molar-refractivity contribution in [1.82, 2.24) is 0 Å². The molecule has 1 aromatic rings. The summed E-state index contributed by atoms with van der Waals surface area (Å²) in [5, 5.41) is 12.5. The number of thiophene rings is 1. The van der Waals surface area contributed by atoms with Crippen LogP contribution in [0.15, 0.2) is 5.38 Å². The molecule has 0 saturated heterocycles. The number of hydrogen-bond acceptors (Lipinski definition) is 2. The van der Waals surface area contributed by atoms with E-state index in [1.54, 1.807) is 11.3 Å². The minimum Gasteiger partial charge on any atom is -0.387 e. The second-order valence-corrected chi connectivity index (χ2v) is 4.67. The molecule has 0 aromatic carbocycles. The molecule has 1 aliphatic rings. The predicted octanol–water partition coefficient (Wildman–Crippen LogP) is 3.15. The van der Waals surface area contributed by atoms with E-state index in [0.29, 0.717) is 5.92 Å². The van der Waals surface area contributed by atoms with Crippen molar-refractivity contribution >= 4 is 22.9 Å². The molecule has 12 heavy (non-hydrogen) atoms. The largest absolute Gasteiger partial charge is 0.387 e. The van der Waals surface area contributed by atoms with Crippen LogP contribution < -0.4 is 0 Å². The van der Waals surface area contributed by atoms with Gasteiger partial charge < -0.3 is 5.11 Å². The summed E-state index contributed by atoms with van der Waals surface area (Å²) in [5.41, 5.74) is 1.08. The zero-order valence-electron chi connectivity index (χ0n) is 6.88. The Hall–Kier alpha value is -0.0500. The van der Waals surface area contributed by atoms with Crippen molar-refractivity contribution in [1.29, 1.82) is 0 Å². The smallest absolute Gasteiger partial charge is 0.0925 e. The zero-order valence-corrected chi connectivity index (χ0v) is 8.45. The van der Waals surface area contributed by atoms with Crippen molar-refractivity contribution in [2.24, 2.45) is 5.92 Å². The average molecular weight is 203 g/mol. The Balaban J connectivity index is 2.25. The number of aryl methyl sites for hydroxylation is 1. The number of aliphatic hydroxyl groups is 1. The Kier molecular flexibility index (Phi) is 2.15. The highest BCUT2D eigenvalue weighted by Gasteiger charge is 2.32. The second-order valence-electron chi connectivity index (χ2n) is 3.38. The molecule has 1 N–H and O–H groups in total. The summed E-state index contributed by atoms with van der Waals surface area (Å²) < 4.78 is 0. The van der Waals surface area contributed by atoms with Crippen LogP contribution >= 0.6 is 22.9 Å². The molecule has 3 heteroatoms. The van der Waals surface area contributed by atoms with Gasteiger partial charge in [0.1, 0.15) is 0 Å². The van der Waals surface area contributed by atoms with Crippen LogP contribution in [0.2, 0.25) is 5.02 Å². The van der Waals surface area contributed by atoms with Crippen LogP contribution in [0.25, 0.3) is 0 Å². The van der Waals surface area contributed by atoms with Gasteiger partial charge in [0, 0.05) is 0 Å². The third kappa shape index (κ3) is 1.39. The monoisotopic (exact) mass is 202 g/mol. The molecule has 0 spiro atoms. The van der Waals surface area contributed by atoms with E-state index in [4.69, 9.17) is 11.6 Å². The van der Waals surface area contributed by atoms with Crippen molar-refractivity contribution in [2.45, 2.75) is 25.9 Å². The van der Waals surface area contributed by atoms with Gasteiger partial charge in [-0.25, -0.2) is 0 Å². The minimum absolute atomic E-state index is 0.309.